The fourth-order valence-corrected chi connectivity index (χ4v) is 4.84. The van der Waals surface area contributed by atoms with Crippen molar-refractivity contribution in [1.29, 1.82) is 0 Å². The van der Waals surface area contributed by atoms with Gasteiger partial charge in [-0.15, -0.1) is 0 Å². The molecule has 0 unspecified atom stereocenters. The monoisotopic (exact) mass is 556 g/mol. The second-order valence-electron chi connectivity index (χ2n) is 6.41. The van der Waals surface area contributed by atoms with E-state index in [2.05, 4.69) is 37.3 Å². The van der Waals surface area contributed by atoms with Crippen LogP contribution in [0, 0.1) is 7.14 Å². The third-order valence-electron chi connectivity index (χ3n) is 3.80. The highest BCUT2D eigenvalue weighted by molar-refractivity contribution is 6.50. The van der Waals surface area contributed by atoms with Gasteiger partial charge in [0, 0.05) is 6.07 Å². The minimum atomic E-state index is -6.00. The SMILES string of the molecule is CCCCCCOc1ccc([I+]c2ccc(OCC)cc2OCC)cc1.F[B-](F)(F)F. The Morgan fingerprint density at radius 2 is 1.35 bits per heavy atom. The van der Waals surface area contributed by atoms with Crippen LogP contribution < -0.4 is 35.4 Å². The Kier molecular flexibility index (Phi) is 13.4. The van der Waals surface area contributed by atoms with E-state index in [0.717, 1.165) is 30.3 Å². The summed E-state index contributed by atoms with van der Waals surface area (Å²) in [5, 5.41) is 0. The van der Waals surface area contributed by atoms with Gasteiger partial charge >= 0.3 is 28.5 Å². The van der Waals surface area contributed by atoms with E-state index in [-0.39, 0.29) is 21.2 Å². The molecule has 0 bridgehead atoms. The van der Waals surface area contributed by atoms with Crippen molar-refractivity contribution in [3.63, 3.8) is 0 Å². The van der Waals surface area contributed by atoms with Gasteiger partial charge < -0.3 is 31.5 Å². The minimum absolute atomic E-state index is 0.299. The molecule has 0 spiro atoms. The van der Waals surface area contributed by atoms with Crippen LogP contribution in [-0.2, 0) is 0 Å². The van der Waals surface area contributed by atoms with E-state index >= 15 is 0 Å². The van der Waals surface area contributed by atoms with Crippen LogP contribution >= 0.6 is 0 Å². The minimum Gasteiger partial charge on any atom is -0.494 e. The molecule has 2 aromatic rings. The average molecular weight is 556 g/mol. The summed E-state index contributed by atoms with van der Waals surface area (Å²) in [6.45, 7) is 8.37. The number of unbranched alkanes of at least 4 members (excludes halogenated alkanes) is 3. The Balaban J connectivity index is 0.000000861. The lowest BCUT2D eigenvalue weighted by molar-refractivity contribution is -0.598. The lowest BCUT2D eigenvalue weighted by atomic mass is 10.2. The van der Waals surface area contributed by atoms with E-state index in [1.54, 1.807) is 0 Å². The third kappa shape index (κ3) is 13.4. The Labute approximate surface area is 192 Å². The predicted molar refractivity (Wildman–Crippen MR) is 112 cm³/mol. The van der Waals surface area contributed by atoms with Gasteiger partial charge in [0.25, 0.3) is 0 Å². The first-order valence-electron chi connectivity index (χ1n) is 10.4. The molecule has 0 saturated heterocycles. The molecule has 0 fully saturated rings. The van der Waals surface area contributed by atoms with E-state index in [1.807, 2.05) is 26.0 Å². The second kappa shape index (κ2) is 15.2. The highest BCUT2D eigenvalue weighted by Gasteiger charge is 2.22. The third-order valence-corrected chi connectivity index (χ3v) is 6.62. The zero-order chi connectivity index (χ0) is 23.1. The molecule has 0 aromatic heterocycles. The zero-order valence-corrected chi connectivity index (χ0v) is 20.3. The lowest BCUT2D eigenvalue weighted by Crippen LogP contribution is -3.61. The van der Waals surface area contributed by atoms with Crippen LogP contribution in [0.5, 0.6) is 17.2 Å². The van der Waals surface area contributed by atoms with Gasteiger partial charge in [0.2, 0.25) is 3.57 Å². The van der Waals surface area contributed by atoms with Gasteiger partial charge in [0.1, 0.15) is 11.5 Å². The molecule has 0 aliphatic heterocycles. The molecule has 0 heterocycles. The number of halogens is 5. The smallest absolute Gasteiger partial charge is 0.494 e. The predicted octanol–water partition coefficient (Wildman–Crippen LogP) is 3.87. The summed E-state index contributed by atoms with van der Waals surface area (Å²) in [6, 6.07) is 14.7. The number of ether oxygens (including phenoxy) is 3. The molecule has 0 atom stereocenters. The van der Waals surface area contributed by atoms with Gasteiger partial charge in [0.05, 0.1) is 19.8 Å². The summed E-state index contributed by atoms with van der Waals surface area (Å²) in [7, 11) is -6.00. The fraction of sp³-hybridized carbons (Fsp3) is 0.455. The number of benzene rings is 2. The van der Waals surface area contributed by atoms with Crippen LogP contribution in [0.4, 0.5) is 17.3 Å². The summed E-state index contributed by atoms with van der Waals surface area (Å²) < 4.78 is 58.9. The molecule has 9 heteroatoms. The van der Waals surface area contributed by atoms with E-state index in [0.29, 0.717) is 13.2 Å². The Bertz CT molecular complexity index is 737. The maximum atomic E-state index is 9.75. The van der Waals surface area contributed by atoms with Gasteiger partial charge in [-0.25, -0.2) is 0 Å². The molecule has 174 valence electrons. The molecule has 2 rings (SSSR count). The van der Waals surface area contributed by atoms with Crippen molar-refractivity contribution in [2.45, 2.75) is 46.5 Å². The average Bonchev–Trinajstić information content (AvgIpc) is 2.70. The first-order valence-corrected chi connectivity index (χ1v) is 12.6. The first kappa shape index (κ1) is 27.4. The van der Waals surface area contributed by atoms with Crippen LogP contribution in [0.25, 0.3) is 0 Å². The number of hydrogen-bond donors (Lipinski definition) is 0. The van der Waals surface area contributed by atoms with Crippen LogP contribution in [0.1, 0.15) is 46.5 Å². The van der Waals surface area contributed by atoms with Crippen molar-refractivity contribution < 1.29 is 52.7 Å². The summed E-state index contributed by atoms with van der Waals surface area (Å²) >= 11 is -0.299. The number of hydrogen-bond acceptors (Lipinski definition) is 3. The molecule has 31 heavy (non-hydrogen) atoms. The first-order chi connectivity index (χ1) is 14.8. The maximum absolute atomic E-state index is 9.75. The van der Waals surface area contributed by atoms with Crippen molar-refractivity contribution in [2.75, 3.05) is 19.8 Å². The van der Waals surface area contributed by atoms with Gasteiger partial charge in [0.15, 0.2) is 9.32 Å². The van der Waals surface area contributed by atoms with Crippen LogP contribution in [0.2, 0.25) is 0 Å². The van der Waals surface area contributed by atoms with Crippen LogP contribution in [0.15, 0.2) is 42.5 Å². The molecule has 0 N–H and O–H groups in total. The van der Waals surface area contributed by atoms with Crippen molar-refractivity contribution in [3.05, 3.63) is 49.6 Å². The molecule has 0 saturated carbocycles. The second-order valence-corrected chi connectivity index (χ2v) is 9.36. The molecular weight excluding hydrogens is 526 g/mol. The topological polar surface area (TPSA) is 27.7 Å². The summed E-state index contributed by atoms with van der Waals surface area (Å²) in [5.74, 6) is 2.78. The van der Waals surface area contributed by atoms with E-state index in [4.69, 9.17) is 14.2 Å². The Morgan fingerprint density at radius 1 is 0.742 bits per heavy atom. The molecule has 0 aliphatic carbocycles. The largest absolute Gasteiger partial charge is 0.673 e. The highest BCUT2D eigenvalue weighted by Crippen LogP contribution is 2.19. The van der Waals surface area contributed by atoms with Crippen molar-refractivity contribution in [1.82, 2.24) is 0 Å². The van der Waals surface area contributed by atoms with Gasteiger partial charge in [-0.3, -0.25) is 0 Å². The molecule has 3 nitrogen and oxygen atoms in total. The molecule has 2 aromatic carbocycles. The van der Waals surface area contributed by atoms with Crippen molar-refractivity contribution >= 4 is 7.25 Å². The summed E-state index contributed by atoms with van der Waals surface area (Å²) in [4.78, 5) is 0. The maximum Gasteiger partial charge on any atom is 0.673 e. The molecule has 0 radical (unpaired) electrons. The van der Waals surface area contributed by atoms with Crippen LogP contribution in [0.3, 0.4) is 0 Å². The van der Waals surface area contributed by atoms with E-state index in [9.17, 15) is 17.3 Å². The Hall–Kier alpha value is -1.65. The van der Waals surface area contributed by atoms with Gasteiger partial charge in [-0.1, -0.05) is 26.2 Å². The normalized spacial score (nSPS) is 10.8. The summed E-state index contributed by atoms with van der Waals surface area (Å²) in [5.41, 5.74) is 0. The molecular formula is C22H30BF4IO3. The molecule has 0 amide bonds. The Morgan fingerprint density at radius 3 is 1.94 bits per heavy atom. The number of rotatable bonds is 12. The fourth-order valence-electron chi connectivity index (χ4n) is 2.51. The van der Waals surface area contributed by atoms with E-state index < -0.39 is 7.25 Å². The van der Waals surface area contributed by atoms with Gasteiger partial charge in [-0.05, 0) is 56.7 Å². The quantitative estimate of drug-likeness (QED) is 0.172. The van der Waals surface area contributed by atoms with Crippen molar-refractivity contribution in [2.24, 2.45) is 0 Å². The molecule has 0 aliphatic rings. The van der Waals surface area contributed by atoms with Gasteiger partial charge in [-0.2, -0.15) is 0 Å². The lowest BCUT2D eigenvalue weighted by Gasteiger charge is -2.07. The summed E-state index contributed by atoms with van der Waals surface area (Å²) in [6.07, 6.45) is 4.93. The zero-order valence-electron chi connectivity index (χ0n) is 18.2. The van der Waals surface area contributed by atoms with Crippen LogP contribution in [-0.4, -0.2) is 27.1 Å². The highest BCUT2D eigenvalue weighted by atomic mass is 127. The van der Waals surface area contributed by atoms with Crippen molar-refractivity contribution in [3.8, 4) is 17.2 Å². The standard InChI is InChI=1S/C22H30IO3.BF4/c1-4-7-8-9-16-26-19-12-10-18(11-13-19)23-21-15-14-20(24-5-2)17-22(21)25-6-3;2-1(3,4)5/h10-15,17H,4-9,16H2,1-3H3;/q+1;-1. The van der Waals surface area contributed by atoms with E-state index in [1.165, 1.54) is 26.4 Å².